The number of amides is 1. The first-order valence-electron chi connectivity index (χ1n) is 12.1. The molecule has 8 heteroatoms. The Morgan fingerprint density at radius 1 is 1.06 bits per heavy atom. The van der Waals surface area contributed by atoms with Crippen molar-refractivity contribution in [1.29, 1.82) is 0 Å². The Hall–Kier alpha value is -3.26. The number of aromatic nitrogens is 1. The van der Waals surface area contributed by atoms with E-state index < -0.39 is 24.5 Å². The molecule has 2 heterocycles. The summed E-state index contributed by atoms with van der Waals surface area (Å²) >= 11 is 1.32. The van der Waals surface area contributed by atoms with Crippen LogP contribution < -0.4 is 5.32 Å². The Balaban J connectivity index is 1.54. The van der Waals surface area contributed by atoms with E-state index in [2.05, 4.69) is 5.32 Å². The molecular weight excluding hydrogens is 464 g/mol. The highest BCUT2D eigenvalue weighted by Gasteiger charge is 2.24. The maximum atomic E-state index is 13.3. The molecule has 0 fully saturated rings. The number of thiophene rings is 1. The van der Waals surface area contributed by atoms with Crippen molar-refractivity contribution >= 4 is 45.1 Å². The summed E-state index contributed by atoms with van der Waals surface area (Å²) < 4.78 is 10.6. The summed E-state index contributed by atoms with van der Waals surface area (Å²) in [6.07, 6.45) is 4.71. The minimum absolute atomic E-state index is 0.187. The standard InChI is InChI=1S/C27H30N2O5S/c1-4-33-26(31)19-14-22(16(2)3)35-25(19)29-23(30)15-34-27(32)24-17-10-6-5-7-12-20(17)28-21-13-9-8-11-18(21)24/h8-9,11,13-14,16H,4-7,10,12,15H2,1-3H3,(H,29,30). The lowest BCUT2D eigenvalue weighted by Gasteiger charge is -2.15. The monoisotopic (exact) mass is 494 g/mol. The number of ether oxygens (including phenoxy) is 2. The largest absolute Gasteiger partial charge is 0.462 e. The summed E-state index contributed by atoms with van der Waals surface area (Å²) in [7, 11) is 0. The molecule has 0 saturated heterocycles. The van der Waals surface area contributed by atoms with Crippen molar-refractivity contribution in [3.8, 4) is 0 Å². The van der Waals surface area contributed by atoms with Crippen LogP contribution in [-0.2, 0) is 27.1 Å². The summed E-state index contributed by atoms with van der Waals surface area (Å²) in [6.45, 7) is 5.53. The van der Waals surface area contributed by atoms with Crippen LogP contribution in [0.5, 0.6) is 0 Å². The molecule has 0 bridgehead atoms. The third-order valence-electron chi connectivity index (χ3n) is 6.03. The Morgan fingerprint density at radius 2 is 1.83 bits per heavy atom. The van der Waals surface area contributed by atoms with Gasteiger partial charge in [0, 0.05) is 16.0 Å². The first kappa shape index (κ1) is 24.9. The lowest BCUT2D eigenvalue weighted by atomic mass is 9.97. The Labute approximate surface area is 208 Å². The fourth-order valence-electron chi connectivity index (χ4n) is 4.30. The molecule has 0 aliphatic heterocycles. The number of para-hydroxylation sites is 1. The van der Waals surface area contributed by atoms with Gasteiger partial charge in [-0.2, -0.15) is 0 Å². The van der Waals surface area contributed by atoms with Gasteiger partial charge in [0.05, 0.1) is 23.3 Å². The zero-order chi connectivity index (χ0) is 24.9. The summed E-state index contributed by atoms with van der Waals surface area (Å²) in [5.74, 6) is -1.34. The molecule has 1 aliphatic carbocycles. The molecular formula is C27H30N2O5S. The topological polar surface area (TPSA) is 94.6 Å². The van der Waals surface area contributed by atoms with E-state index in [0.29, 0.717) is 16.1 Å². The second-order valence-electron chi connectivity index (χ2n) is 8.88. The number of benzene rings is 1. The van der Waals surface area contributed by atoms with Gasteiger partial charge in [-0.05, 0) is 56.2 Å². The van der Waals surface area contributed by atoms with Gasteiger partial charge in [0.25, 0.3) is 5.91 Å². The molecule has 0 unspecified atom stereocenters. The highest BCUT2D eigenvalue weighted by atomic mass is 32.1. The minimum atomic E-state index is -0.531. The molecule has 4 rings (SSSR count). The molecule has 7 nitrogen and oxygen atoms in total. The van der Waals surface area contributed by atoms with Crippen LogP contribution >= 0.6 is 11.3 Å². The summed E-state index contributed by atoms with van der Waals surface area (Å²) in [5.41, 5.74) is 3.44. The molecule has 3 aromatic rings. The van der Waals surface area contributed by atoms with E-state index in [9.17, 15) is 14.4 Å². The quantitative estimate of drug-likeness (QED) is 0.336. The number of rotatable bonds is 7. The van der Waals surface area contributed by atoms with Crippen LogP contribution in [0.25, 0.3) is 10.9 Å². The van der Waals surface area contributed by atoms with Gasteiger partial charge in [0.2, 0.25) is 0 Å². The fourth-order valence-corrected chi connectivity index (χ4v) is 5.36. The fraction of sp³-hybridized carbons (Fsp3) is 0.407. The van der Waals surface area contributed by atoms with Gasteiger partial charge >= 0.3 is 11.9 Å². The Morgan fingerprint density at radius 3 is 2.60 bits per heavy atom. The maximum absolute atomic E-state index is 13.3. The van der Waals surface area contributed by atoms with Crippen molar-refractivity contribution in [1.82, 2.24) is 4.98 Å². The number of esters is 2. The number of carbonyl (C=O) groups is 3. The number of nitrogens with one attached hydrogen (secondary N) is 1. The van der Waals surface area contributed by atoms with E-state index in [0.717, 1.165) is 59.1 Å². The zero-order valence-electron chi connectivity index (χ0n) is 20.3. The van der Waals surface area contributed by atoms with E-state index in [-0.39, 0.29) is 12.5 Å². The molecule has 1 amide bonds. The maximum Gasteiger partial charge on any atom is 0.341 e. The molecule has 2 aromatic heterocycles. The zero-order valence-corrected chi connectivity index (χ0v) is 21.1. The molecule has 0 saturated carbocycles. The van der Waals surface area contributed by atoms with Crippen LogP contribution in [0.15, 0.2) is 30.3 Å². The van der Waals surface area contributed by atoms with Gasteiger partial charge in [-0.15, -0.1) is 11.3 Å². The van der Waals surface area contributed by atoms with E-state index in [1.54, 1.807) is 13.0 Å². The minimum Gasteiger partial charge on any atom is -0.462 e. The predicted octanol–water partition coefficient (Wildman–Crippen LogP) is 5.66. The van der Waals surface area contributed by atoms with Crippen molar-refractivity contribution in [2.75, 3.05) is 18.5 Å². The SMILES string of the molecule is CCOC(=O)c1cc(C(C)C)sc1NC(=O)COC(=O)c1c2c(nc3ccccc13)CCCCC2. The number of pyridine rings is 1. The highest BCUT2D eigenvalue weighted by Crippen LogP contribution is 2.34. The van der Waals surface area contributed by atoms with Crippen LogP contribution in [0.3, 0.4) is 0 Å². The second-order valence-corrected chi connectivity index (χ2v) is 9.96. The van der Waals surface area contributed by atoms with Crippen molar-refractivity contribution in [2.45, 2.75) is 58.8 Å². The number of anilines is 1. The van der Waals surface area contributed by atoms with Crippen molar-refractivity contribution in [3.05, 3.63) is 57.6 Å². The van der Waals surface area contributed by atoms with Gasteiger partial charge < -0.3 is 14.8 Å². The van der Waals surface area contributed by atoms with E-state index in [4.69, 9.17) is 14.5 Å². The Bertz CT molecular complexity index is 1260. The third-order valence-corrected chi connectivity index (χ3v) is 7.38. The third kappa shape index (κ3) is 5.53. The lowest BCUT2D eigenvalue weighted by Crippen LogP contribution is -2.22. The smallest absolute Gasteiger partial charge is 0.341 e. The number of carbonyl (C=O) groups excluding carboxylic acids is 3. The average molecular weight is 495 g/mol. The van der Waals surface area contributed by atoms with Gasteiger partial charge in [0.15, 0.2) is 6.61 Å². The van der Waals surface area contributed by atoms with Gasteiger partial charge in [-0.1, -0.05) is 38.5 Å². The number of aryl methyl sites for hydroxylation is 1. The van der Waals surface area contributed by atoms with Crippen LogP contribution in [-0.4, -0.2) is 36.0 Å². The van der Waals surface area contributed by atoms with E-state index in [1.165, 1.54) is 11.3 Å². The molecule has 1 aliphatic rings. The van der Waals surface area contributed by atoms with E-state index in [1.807, 2.05) is 38.1 Å². The Kier molecular flexibility index (Phi) is 7.80. The van der Waals surface area contributed by atoms with Gasteiger partial charge in [0.1, 0.15) is 5.00 Å². The second kappa shape index (κ2) is 11.0. The van der Waals surface area contributed by atoms with Crippen LogP contribution in [0.1, 0.15) is 82.8 Å². The molecule has 0 atom stereocenters. The molecule has 0 spiro atoms. The number of nitrogens with zero attached hydrogens (tertiary/aromatic N) is 1. The van der Waals surface area contributed by atoms with Gasteiger partial charge in [-0.25, -0.2) is 9.59 Å². The highest BCUT2D eigenvalue weighted by molar-refractivity contribution is 7.16. The first-order chi connectivity index (χ1) is 16.9. The molecule has 35 heavy (non-hydrogen) atoms. The molecule has 184 valence electrons. The predicted molar refractivity (Wildman–Crippen MR) is 136 cm³/mol. The van der Waals surface area contributed by atoms with Crippen LogP contribution in [0.4, 0.5) is 5.00 Å². The van der Waals surface area contributed by atoms with Crippen molar-refractivity contribution in [2.24, 2.45) is 0 Å². The summed E-state index contributed by atoms with van der Waals surface area (Å²) in [6, 6.07) is 9.28. The average Bonchev–Trinajstić information content (AvgIpc) is 3.12. The molecule has 0 radical (unpaired) electrons. The number of fused-ring (bicyclic) bond motifs is 2. The summed E-state index contributed by atoms with van der Waals surface area (Å²) in [4.78, 5) is 44.1. The summed E-state index contributed by atoms with van der Waals surface area (Å²) in [5, 5.41) is 3.87. The van der Waals surface area contributed by atoms with Crippen molar-refractivity contribution < 1.29 is 23.9 Å². The number of hydrogen-bond acceptors (Lipinski definition) is 7. The molecule has 1 N–H and O–H groups in total. The van der Waals surface area contributed by atoms with Gasteiger partial charge in [-0.3, -0.25) is 9.78 Å². The first-order valence-corrected chi connectivity index (χ1v) is 12.9. The van der Waals surface area contributed by atoms with E-state index >= 15 is 0 Å². The van der Waals surface area contributed by atoms with Crippen LogP contribution in [0.2, 0.25) is 0 Å². The normalized spacial score (nSPS) is 13.3. The van der Waals surface area contributed by atoms with Crippen LogP contribution in [0, 0.1) is 0 Å². The molecule has 1 aromatic carbocycles. The number of hydrogen-bond donors (Lipinski definition) is 1. The lowest BCUT2D eigenvalue weighted by molar-refractivity contribution is -0.119. The van der Waals surface area contributed by atoms with Crippen molar-refractivity contribution in [3.63, 3.8) is 0 Å².